The zero-order valence-electron chi connectivity index (χ0n) is 9.87. The number of hydrogen-bond acceptors (Lipinski definition) is 3. The fraction of sp³-hybridized carbons (Fsp3) is 0. The van der Waals surface area contributed by atoms with Crippen molar-refractivity contribution >= 4 is 21.7 Å². The number of fused-ring (bicyclic) bond motifs is 1. The van der Waals surface area contributed by atoms with Gasteiger partial charge >= 0.3 is 10.2 Å². The van der Waals surface area contributed by atoms with Gasteiger partial charge in [0.05, 0.1) is 5.69 Å². The lowest BCUT2D eigenvalue weighted by atomic mass is 10.0. The molecule has 1 aliphatic rings. The van der Waals surface area contributed by atoms with Gasteiger partial charge in [-0.1, -0.05) is 36.4 Å². The van der Waals surface area contributed by atoms with Crippen LogP contribution in [0.1, 0.15) is 5.56 Å². The van der Waals surface area contributed by atoms with Crippen molar-refractivity contribution in [1.29, 1.82) is 0 Å². The molecule has 0 atom stereocenters. The van der Waals surface area contributed by atoms with Crippen LogP contribution >= 0.6 is 0 Å². The van der Waals surface area contributed by atoms with E-state index in [9.17, 15) is 8.42 Å². The minimum atomic E-state index is -3.71. The molecule has 0 unspecified atom stereocenters. The van der Waals surface area contributed by atoms with Crippen LogP contribution in [0.4, 0.5) is 5.69 Å². The summed E-state index contributed by atoms with van der Waals surface area (Å²) >= 11 is 0. The highest BCUT2D eigenvalue weighted by atomic mass is 32.2. The zero-order valence-corrected chi connectivity index (χ0v) is 10.7. The Morgan fingerprint density at radius 1 is 1.00 bits per heavy atom. The van der Waals surface area contributed by atoms with Crippen molar-refractivity contribution in [3.05, 3.63) is 54.1 Å². The average Bonchev–Trinajstić information content (AvgIpc) is 2.38. The molecule has 0 saturated carbocycles. The van der Waals surface area contributed by atoms with Gasteiger partial charge in [-0.3, -0.25) is 4.72 Å². The van der Waals surface area contributed by atoms with Crippen LogP contribution in [0.2, 0.25) is 0 Å². The van der Waals surface area contributed by atoms with E-state index in [-0.39, 0.29) is 5.84 Å². The predicted octanol–water partition coefficient (Wildman–Crippen LogP) is 1.73. The number of benzene rings is 2. The fourth-order valence-electron chi connectivity index (χ4n) is 2.00. The Morgan fingerprint density at radius 2 is 1.74 bits per heavy atom. The lowest BCUT2D eigenvalue weighted by Gasteiger charge is -2.16. The van der Waals surface area contributed by atoms with E-state index in [1.165, 1.54) is 0 Å². The molecule has 19 heavy (non-hydrogen) atoms. The van der Waals surface area contributed by atoms with Gasteiger partial charge < -0.3 is 5.73 Å². The molecule has 0 bridgehead atoms. The third kappa shape index (κ3) is 2.17. The fourth-order valence-corrected chi connectivity index (χ4v) is 2.85. The minimum absolute atomic E-state index is 0.00605. The summed E-state index contributed by atoms with van der Waals surface area (Å²) in [6.07, 6.45) is 0. The van der Waals surface area contributed by atoms with Gasteiger partial charge in [-0.15, -0.1) is 4.40 Å². The summed E-state index contributed by atoms with van der Waals surface area (Å²) in [6.45, 7) is 0. The molecule has 0 spiro atoms. The number of nitrogens with zero attached hydrogens (tertiary/aromatic N) is 1. The molecular weight excluding hydrogens is 262 g/mol. The van der Waals surface area contributed by atoms with Crippen LogP contribution in [-0.4, -0.2) is 14.3 Å². The molecule has 96 valence electrons. The first-order valence-corrected chi connectivity index (χ1v) is 7.07. The van der Waals surface area contributed by atoms with Crippen molar-refractivity contribution in [2.24, 2.45) is 10.1 Å². The van der Waals surface area contributed by atoms with E-state index in [0.717, 1.165) is 11.1 Å². The number of rotatable bonds is 1. The Kier molecular flexibility index (Phi) is 2.53. The highest BCUT2D eigenvalue weighted by molar-refractivity contribution is 7.91. The normalized spacial score (nSPS) is 16.1. The SMILES string of the molecule is NC1=NS(=O)(=O)Nc2ccc(-c3ccccc3)cc21. The molecule has 3 rings (SSSR count). The van der Waals surface area contributed by atoms with Gasteiger partial charge in [-0.2, -0.15) is 8.42 Å². The van der Waals surface area contributed by atoms with E-state index in [1.54, 1.807) is 6.07 Å². The van der Waals surface area contributed by atoms with E-state index in [4.69, 9.17) is 5.73 Å². The molecule has 1 heterocycles. The average molecular weight is 273 g/mol. The van der Waals surface area contributed by atoms with Gasteiger partial charge in [-0.25, -0.2) is 0 Å². The van der Waals surface area contributed by atoms with E-state index in [0.29, 0.717) is 11.3 Å². The molecule has 3 N–H and O–H groups in total. The molecule has 5 nitrogen and oxygen atoms in total. The number of anilines is 1. The first-order chi connectivity index (χ1) is 9.05. The van der Waals surface area contributed by atoms with Gasteiger partial charge in [-0.05, 0) is 23.3 Å². The summed E-state index contributed by atoms with van der Waals surface area (Å²) in [6, 6.07) is 15.1. The molecule has 0 saturated heterocycles. The molecule has 1 aliphatic heterocycles. The number of amidine groups is 1. The molecular formula is C13H11N3O2S. The first kappa shape index (κ1) is 11.7. The summed E-state index contributed by atoms with van der Waals surface area (Å²) in [5.74, 6) is 0.00605. The minimum Gasteiger partial charge on any atom is -0.382 e. The summed E-state index contributed by atoms with van der Waals surface area (Å²) in [5.41, 5.74) is 8.74. The lowest BCUT2D eigenvalue weighted by Crippen LogP contribution is -2.26. The van der Waals surface area contributed by atoms with Crippen molar-refractivity contribution in [1.82, 2.24) is 0 Å². The molecule has 0 amide bonds. The first-order valence-electron chi connectivity index (χ1n) is 5.63. The van der Waals surface area contributed by atoms with Crippen molar-refractivity contribution in [3.8, 4) is 11.1 Å². The third-order valence-corrected chi connectivity index (χ3v) is 3.78. The number of nitrogens with one attached hydrogen (secondary N) is 1. The second-order valence-electron chi connectivity index (χ2n) is 4.18. The van der Waals surface area contributed by atoms with Gasteiger partial charge in [0.15, 0.2) is 0 Å². The van der Waals surface area contributed by atoms with E-state index < -0.39 is 10.2 Å². The van der Waals surface area contributed by atoms with Crippen LogP contribution in [-0.2, 0) is 10.2 Å². The van der Waals surface area contributed by atoms with Crippen LogP contribution in [0.5, 0.6) is 0 Å². The highest BCUT2D eigenvalue weighted by Gasteiger charge is 2.21. The summed E-state index contributed by atoms with van der Waals surface area (Å²) in [5, 5.41) is 0. The lowest BCUT2D eigenvalue weighted by molar-refractivity contribution is 0.602. The van der Waals surface area contributed by atoms with E-state index >= 15 is 0 Å². The Bertz CT molecular complexity index is 768. The van der Waals surface area contributed by atoms with Crippen LogP contribution in [0, 0.1) is 0 Å². The second-order valence-corrected chi connectivity index (χ2v) is 5.52. The maximum absolute atomic E-state index is 11.4. The molecule has 6 heteroatoms. The molecule has 2 aromatic carbocycles. The van der Waals surface area contributed by atoms with Crippen LogP contribution in [0.25, 0.3) is 11.1 Å². The smallest absolute Gasteiger partial charge is 0.344 e. The van der Waals surface area contributed by atoms with Gasteiger partial charge in [0, 0.05) is 5.56 Å². The van der Waals surface area contributed by atoms with E-state index in [2.05, 4.69) is 9.12 Å². The molecule has 0 radical (unpaired) electrons. The number of nitrogens with two attached hydrogens (primary N) is 1. The molecule has 0 aromatic heterocycles. The largest absolute Gasteiger partial charge is 0.382 e. The maximum atomic E-state index is 11.4. The number of hydrogen-bond donors (Lipinski definition) is 2. The van der Waals surface area contributed by atoms with Gasteiger partial charge in [0.2, 0.25) is 0 Å². The van der Waals surface area contributed by atoms with Gasteiger partial charge in [0.25, 0.3) is 0 Å². The van der Waals surface area contributed by atoms with Crippen LogP contribution in [0.15, 0.2) is 52.9 Å². The van der Waals surface area contributed by atoms with Gasteiger partial charge in [0.1, 0.15) is 5.84 Å². The van der Waals surface area contributed by atoms with Crippen molar-refractivity contribution < 1.29 is 8.42 Å². The Balaban J connectivity index is 2.14. The van der Waals surface area contributed by atoms with Crippen molar-refractivity contribution in [3.63, 3.8) is 0 Å². The highest BCUT2D eigenvalue weighted by Crippen LogP contribution is 2.28. The summed E-state index contributed by atoms with van der Waals surface area (Å²) in [4.78, 5) is 0. The molecule has 0 aliphatic carbocycles. The summed E-state index contributed by atoms with van der Waals surface area (Å²) in [7, 11) is -3.71. The van der Waals surface area contributed by atoms with Crippen LogP contribution in [0.3, 0.4) is 0 Å². The third-order valence-electron chi connectivity index (χ3n) is 2.86. The van der Waals surface area contributed by atoms with Crippen molar-refractivity contribution in [2.75, 3.05) is 4.72 Å². The molecule has 2 aromatic rings. The quantitative estimate of drug-likeness (QED) is 0.829. The standard InChI is InChI=1S/C13H11N3O2S/c14-13-11-8-10(9-4-2-1-3-5-9)6-7-12(11)15-19(17,18)16-13/h1-8,15H,(H2,14,16). The topological polar surface area (TPSA) is 84.5 Å². The van der Waals surface area contributed by atoms with Crippen LogP contribution < -0.4 is 10.5 Å². The predicted molar refractivity (Wildman–Crippen MR) is 75.1 cm³/mol. The van der Waals surface area contributed by atoms with Crippen molar-refractivity contribution in [2.45, 2.75) is 0 Å². The maximum Gasteiger partial charge on any atom is 0.344 e. The Hall–Kier alpha value is -2.34. The summed E-state index contributed by atoms with van der Waals surface area (Å²) < 4.78 is 28.6. The Labute approximate surface area is 111 Å². The van der Waals surface area contributed by atoms with E-state index in [1.807, 2.05) is 42.5 Å². The zero-order chi connectivity index (χ0) is 13.5. The monoisotopic (exact) mass is 273 g/mol. The Morgan fingerprint density at radius 3 is 2.47 bits per heavy atom. The second kappa shape index (κ2) is 4.10. The molecule has 0 fully saturated rings.